The average Bonchev–Trinajstić information content (AvgIpc) is 0.823. The number of halogens is 6. The molecule has 25 rings (SSSR count). The van der Waals surface area contributed by atoms with Crippen molar-refractivity contribution in [3.05, 3.63) is 344 Å². The molecule has 0 saturated carbocycles. The van der Waals surface area contributed by atoms with Gasteiger partial charge in [-0.2, -0.15) is 0 Å². The summed E-state index contributed by atoms with van der Waals surface area (Å²) in [7, 11) is 0. The lowest BCUT2D eigenvalue weighted by molar-refractivity contribution is 0.486. The lowest BCUT2D eigenvalue weighted by Gasteiger charge is -2.45. The summed E-state index contributed by atoms with van der Waals surface area (Å²) in [5.74, 6) is -2.53. The Balaban J connectivity index is 0.809. The molecule has 0 N–H and O–H groups in total. The molecule has 19 aromatic rings. The van der Waals surface area contributed by atoms with Gasteiger partial charge in [-0.15, -0.1) is 0 Å². The topological polar surface area (TPSA) is 52.2 Å². The zero-order valence-corrected chi connectivity index (χ0v) is 59.9. The van der Waals surface area contributed by atoms with E-state index < -0.39 is 66.4 Å². The first-order valence-corrected chi connectivity index (χ1v) is 37.9. The number of benzene rings is 16. The Kier molecular flexibility index (Phi) is 12.8. The Morgan fingerprint density at radius 1 is 0.202 bits per heavy atom. The first kappa shape index (κ1) is 63.3. The highest BCUT2D eigenvalue weighted by Gasteiger charge is 2.52. The van der Waals surface area contributed by atoms with E-state index in [0.717, 1.165) is 76.3 Å². The second-order valence-corrected chi connectivity index (χ2v) is 30.1. The minimum Gasteiger partial charge on any atom is -0.458 e. The van der Waals surface area contributed by atoms with Gasteiger partial charge in [-0.3, -0.25) is 0 Å². The Labute approximate surface area is 647 Å². The van der Waals surface area contributed by atoms with Gasteiger partial charge in [-0.1, -0.05) is 176 Å². The van der Waals surface area contributed by atoms with Crippen LogP contribution in [0.3, 0.4) is 0 Å². The van der Waals surface area contributed by atoms with Crippen molar-refractivity contribution in [2.24, 2.45) is 0 Å². The van der Waals surface area contributed by atoms with Crippen LogP contribution in [0.2, 0.25) is 0 Å². The molecular weight excluding hydrogens is 1430 g/mol. The zero-order valence-electron chi connectivity index (χ0n) is 59.9. The van der Waals surface area contributed by atoms with E-state index in [2.05, 4.69) is 68.3 Å². The highest BCUT2D eigenvalue weighted by molar-refractivity contribution is 7.03. The van der Waals surface area contributed by atoms with Gasteiger partial charge in [-0.25, -0.2) is 26.3 Å². The summed E-state index contributed by atoms with van der Waals surface area (Å²) in [6.45, 7) is -2.30. The number of aromatic nitrogens is 3. The normalized spacial score (nSPS) is 13.6. The van der Waals surface area contributed by atoms with E-state index in [4.69, 9.17) is 14.2 Å². The van der Waals surface area contributed by atoms with Crippen molar-refractivity contribution in [1.29, 1.82) is 0 Å². The fraction of sp³-hybridized carbons (Fsp3) is 0. The van der Waals surface area contributed by atoms with Crippen LogP contribution in [0.25, 0.3) is 82.5 Å². The number of hydrogen-bond donors (Lipinski definition) is 0. The fourth-order valence-corrected chi connectivity index (χ4v) is 19.9. The van der Waals surface area contributed by atoms with Crippen LogP contribution >= 0.6 is 0 Å². The summed E-state index contributed by atoms with van der Waals surface area (Å²) in [6.07, 6.45) is 0. The molecule has 0 amide bonds. The number of hydrogen-bond acceptors (Lipinski definition) is 6. The fourth-order valence-electron chi connectivity index (χ4n) is 19.9. The summed E-state index contributed by atoms with van der Waals surface area (Å²) in [5.41, 5.74) is 13.9. The molecule has 16 aromatic carbocycles. The Hall–Kier alpha value is -14.5. The van der Waals surface area contributed by atoms with Crippen LogP contribution in [0, 0.1) is 34.9 Å². The van der Waals surface area contributed by atoms with Crippen LogP contribution in [0.5, 0.6) is 34.5 Å². The van der Waals surface area contributed by atoms with Crippen molar-refractivity contribution < 1.29 is 40.6 Å². The molecule has 6 aliphatic heterocycles. The third kappa shape index (κ3) is 8.46. The van der Waals surface area contributed by atoms with Crippen molar-refractivity contribution in [3.63, 3.8) is 0 Å². The Morgan fingerprint density at radius 3 is 0.789 bits per heavy atom. The highest BCUT2D eigenvalue weighted by atomic mass is 19.2. The molecule has 0 unspecified atom stereocenters. The number of nitrogens with zero attached hydrogens (tertiary/aromatic N) is 6. The molecule has 0 atom stereocenters. The molecule has 9 nitrogen and oxygen atoms in total. The maximum atomic E-state index is 18.2. The summed E-state index contributed by atoms with van der Waals surface area (Å²) < 4.78 is 136. The average molecular weight is 1480 g/mol. The lowest BCUT2D eigenvalue weighted by atomic mass is 9.29. The van der Waals surface area contributed by atoms with Crippen LogP contribution < -0.4 is 78.1 Å². The van der Waals surface area contributed by atoms with E-state index in [1.165, 1.54) is 54.6 Å². The number of para-hydroxylation sites is 11. The van der Waals surface area contributed by atoms with E-state index in [1.54, 1.807) is 14.7 Å². The van der Waals surface area contributed by atoms with Crippen LogP contribution in [-0.2, 0) is 0 Å². The molecule has 9 heterocycles. The standard InChI is InChI=1S/C96H51B3F6N6O3/c100-67-28-17-29-68(101)94(67)109-79-50-80-64(48-63(79)97-61-26-7-15-40-85(61)112-88-45-52(42-82(109)91(88)97)106-73-34-9-1-20-55(73)56-21-2-10-35-74(56)106)99-66-49-65-81(51-87(66)114-90-47-54(44-84(93(90)99)110(80)95-69(102)30-18-31-70(95)103)108-77-38-13-5-24-59(77)60-25-6-14-39-78(60)108)111(96-71(104)32-19-33-72(96)105)83-43-53(46-89-92(83)98(65)62-27-8-16-41-86(62)113-89)107-75-36-11-3-22-57(75)58-23-4-12-37-76(58)107/h1-51H. The minimum atomic E-state index is -0.915. The van der Waals surface area contributed by atoms with Gasteiger partial charge in [0.05, 0.1) is 50.2 Å². The van der Waals surface area contributed by atoms with Gasteiger partial charge >= 0.3 is 0 Å². The number of anilines is 9. The van der Waals surface area contributed by atoms with Gasteiger partial charge in [0.2, 0.25) is 0 Å². The van der Waals surface area contributed by atoms with Crippen molar-refractivity contribution in [1.82, 2.24) is 13.7 Å². The quantitative estimate of drug-likeness (QED) is 0.122. The van der Waals surface area contributed by atoms with Crippen LogP contribution in [0.1, 0.15) is 0 Å². The summed E-state index contributed by atoms with van der Waals surface area (Å²) in [6, 6.07) is 95.4. The van der Waals surface area contributed by atoms with E-state index in [1.807, 2.05) is 200 Å². The van der Waals surface area contributed by atoms with Gasteiger partial charge in [0.1, 0.15) is 86.5 Å². The molecule has 18 heteroatoms. The van der Waals surface area contributed by atoms with E-state index in [9.17, 15) is 0 Å². The van der Waals surface area contributed by atoms with Crippen molar-refractivity contribution in [2.75, 3.05) is 14.7 Å². The second-order valence-electron chi connectivity index (χ2n) is 30.1. The van der Waals surface area contributed by atoms with Crippen molar-refractivity contribution >= 4 is 186 Å². The molecule has 0 saturated heterocycles. The molecule has 0 aliphatic carbocycles. The molecule has 3 aromatic heterocycles. The summed E-state index contributed by atoms with van der Waals surface area (Å²) in [4.78, 5) is 4.89. The third-order valence-electron chi connectivity index (χ3n) is 24.3. The van der Waals surface area contributed by atoms with Crippen LogP contribution in [0.4, 0.5) is 77.5 Å². The van der Waals surface area contributed by atoms with Gasteiger partial charge in [0.15, 0.2) is 0 Å². The van der Waals surface area contributed by atoms with Crippen LogP contribution in [-0.4, -0.2) is 33.8 Å². The molecule has 0 bridgehead atoms. The summed E-state index contributed by atoms with van der Waals surface area (Å²) in [5, 5.41) is 5.91. The van der Waals surface area contributed by atoms with Crippen LogP contribution in [0.15, 0.2) is 309 Å². The predicted octanol–water partition coefficient (Wildman–Crippen LogP) is 19.0. The minimum absolute atomic E-state index is 0.271. The van der Waals surface area contributed by atoms with Crippen molar-refractivity contribution in [2.45, 2.75) is 0 Å². The summed E-state index contributed by atoms with van der Waals surface area (Å²) >= 11 is 0. The SMILES string of the molecule is Fc1cccc(F)c1N1c2cc3c(cc2B2c4ccccc4Oc4cc(-n5c6ccccc6c6ccccc65)cc1c42)B1c2cc4c(cc2N(c2c(F)cccc2F)c2cc(-n5c6ccccc6c6ccccc65)cc(c21)O3)N(c1c(F)cccc1F)c1cc(-n2c3ccccc3c3ccccc32)cc2c1B4c1ccccc1O2. The van der Waals surface area contributed by atoms with Crippen molar-refractivity contribution in [3.8, 4) is 51.6 Å². The Morgan fingerprint density at radius 2 is 0.465 bits per heavy atom. The maximum absolute atomic E-state index is 18.2. The number of rotatable bonds is 6. The molecule has 0 radical (unpaired) electrons. The number of fused-ring (bicyclic) bond motifs is 21. The van der Waals surface area contributed by atoms with Gasteiger partial charge in [-0.05, 0) is 158 Å². The maximum Gasteiger partial charge on any atom is 0.256 e. The highest BCUT2D eigenvalue weighted by Crippen LogP contribution is 2.53. The molecule has 114 heavy (non-hydrogen) atoms. The third-order valence-corrected chi connectivity index (χ3v) is 24.3. The predicted molar refractivity (Wildman–Crippen MR) is 447 cm³/mol. The molecule has 534 valence electrons. The molecule has 0 spiro atoms. The largest absolute Gasteiger partial charge is 0.458 e. The molecular formula is C96H51B3F6N6O3. The van der Waals surface area contributed by atoms with Gasteiger partial charge in [0, 0.05) is 90.7 Å². The zero-order chi connectivity index (χ0) is 75.4. The first-order chi connectivity index (χ1) is 56.1. The monoisotopic (exact) mass is 1480 g/mol. The van der Waals surface area contributed by atoms with E-state index >= 15 is 26.3 Å². The smallest absolute Gasteiger partial charge is 0.256 e. The molecule has 0 fully saturated rings. The Bertz CT molecular complexity index is 7390. The van der Waals surface area contributed by atoms with Gasteiger partial charge in [0.25, 0.3) is 20.1 Å². The van der Waals surface area contributed by atoms with Gasteiger partial charge < -0.3 is 42.6 Å². The lowest BCUT2D eigenvalue weighted by Crippen LogP contribution is -2.65. The number of ether oxygens (including phenoxy) is 3. The van der Waals surface area contributed by atoms with E-state index in [0.29, 0.717) is 118 Å². The second kappa shape index (κ2) is 23.1. The van der Waals surface area contributed by atoms with E-state index in [-0.39, 0.29) is 11.4 Å². The molecule has 6 aliphatic rings. The first-order valence-electron chi connectivity index (χ1n) is 37.9.